The predicted octanol–water partition coefficient (Wildman–Crippen LogP) is 7.05. The van der Waals surface area contributed by atoms with Gasteiger partial charge in [0.05, 0.1) is 5.92 Å². The van der Waals surface area contributed by atoms with Crippen LogP contribution >= 0.6 is 0 Å². The van der Waals surface area contributed by atoms with E-state index in [-0.39, 0.29) is 0 Å². The molecule has 0 aliphatic carbocycles. The Bertz CT molecular complexity index is 780. The van der Waals surface area contributed by atoms with Gasteiger partial charge in [-0.15, -0.1) is 0 Å². The molecule has 0 aliphatic rings. The molecule has 0 aromatic carbocycles. The zero-order valence-electron chi connectivity index (χ0n) is 16.0. The molecule has 0 rings (SSSR count). The van der Waals surface area contributed by atoms with E-state index in [9.17, 15) is 79.4 Å². The standard InChI is InChI=1S/C15H11F17O2/c1-3-4-6(5(2)7(33)34)8(16,17)9(18,19)10(20,21)11(22,23)12(24,25)13(26,27)14(28,29)15(30,31)32/h6H,2-4H2,1H3,(H,33,34). The van der Waals surface area contributed by atoms with Crippen LogP contribution in [-0.2, 0) is 4.79 Å². The Morgan fingerprint density at radius 1 is 0.647 bits per heavy atom. The second-order valence-corrected chi connectivity index (χ2v) is 6.74. The van der Waals surface area contributed by atoms with Gasteiger partial charge in [-0.05, 0) is 6.42 Å². The van der Waals surface area contributed by atoms with E-state index in [0.29, 0.717) is 0 Å². The van der Waals surface area contributed by atoms with Gasteiger partial charge in [0, 0.05) is 5.57 Å². The average molecular weight is 546 g/mol. The van der Waals surface area contributed by atoms with E-state index < -0.39 is 77.9 Å². The van der Waals surface area contributed by atoms with Gasteiger partial charge in [-0.1, -0.05) is 19.9 Å². The van der Waals surface area contributed by atoms with Crippen molar-refractivity contribution in [2.75, 3.05) is 0 Å². The molecule has 0 aliphatic heterocycles. The third-order valence-corrected chi connectivity index (χ3v) is 4.46. The molecule has 202 valence electrons. The summed E-state index contributed by atoms with van der Waals surface area (Å²) in [5.41, 5.74) is -2.06. The normalized spacial score (nSPS) is 16.4. The lowest BCUT2D eigenvalue weighted by atomic mass is 9.80. The number of aliphatic carboxylic acids is 1. The minimum absolute atomic E-state index is 0.795. The largest absolute Gasteiger partial charge is 0.478 e. The van der Waals surface area contributed by atoms with Crippen molar-refractivity contribution in [1.82, 2.24) is 0 Å². The van der Waals surface area contributed by atoms with E-state index in [2.05, 4.69) is 6.58 Å². The molecule has 2 nitrogen and oxygen atoms in total. The number of hydrogen-bond donors (Lipinski definition) is 1. The molecule has 0 aromatic rings. The number of carbonyl (C=O) groups is 1. The molecule has 0 radical (unpaired) electrons. The molecule has 0 amide bonds. The highest BCUT2D eigenvalue weighted by Crippen LogP contribution is 2.64. The van der Waals surface area contributed by atoms with E-state index in [1.54, 1.807) is 0 Å². The SMILES string of the molecule is C=C(C(=O)O)C(CCC)C(F)(F)C(F)(F)C(F)(F)C(F)(F)C(F)(F)C(F)(F)C(F)(F)C(F)(F)F. The van der Waals surface area contributed by atoms with Gasteiger partial charge in [-0.2, -0.15) is 74.6 Å². The van der Waals surface area contributed by atoms with E-state index in [1.807, 2.05) is 0 Å². The molecule has 0 saturated carbocycles. The van der Waals surface area contributed by atoms with Crippen LogP contribution in [0.5, 0.6) is 0 Å². The lowest BCUT2D eigenvalue weighted by Crippen LogP contribution is -2.75. The Kier molecular flexibility index (Phi) is 8.10. The summed E-state index contributed by atoms with van der Waals surface area (Å²) < 4.78 is 225. The van der Waals surface area contributed by atoms with E-state index in [0.717, 1.165) is 6.92 Å². The second kappa shape index (κ2) is 8.60. The highest BCUT2D eigenvalue weighted by molar-refractivity contribution is 5.86. The van der Waals surface area contributed by atoms with Crippen molar-refractivity contribution in [3.8, 4) is 0 Å². The molecular formula is C15H11F17O2. The van der Waals surface area contributed by atoms with Gasteiger partial charge in [-0.3, -0.25) is 0 Å². The summed E-state index contributed by atoms with van der Waals surface area (Å²) in [5, 5.41) is 8.55. The Labute approximate surface area is 177 Å². The quantitative estimate of drug-likeness (QED) is 0.223. The molecule has 34 heavy (non-hydrogen) atoms. The first-order valence-corrected chi connectivity index (χ1v) is 8.19. The van der Waals surface area contributed by atoms with Crippen LogP contribution in [0.4, 0.5) is 74.6 Å². The summed E-state index contributed by atoms with van der Waals surface area (Å²) >= 11 is 0. The fraction of sp³-hybridized carbons (Fsp3) is 0.800. The minimum Gasteiger partial charge on any atom is -0.478 e. The zero-order chi connectivity index (χ0) is 28.1. The molecule has 0 aromatic heterocycles. The second-order valence-electron chi connectivity index (χ2n) is 6.74. The van der Waals surface area contributed by atoms with Gasteiger partial charge in [-0.25, -0.2) is 4.79 Å². The molecule has 19 heteroatoms. The molecule has 0 spiro atoms. The van der Waals surface area contributed by atoms with Crippen LogP contribution in [0.25, 0.3) is 0 Å². The van der Waals surface area contributed by atoms with Gasteiger partial charge in [0.1, 0.15) is 0 Å². The van der Waals surface area contributed by atoms with Crippen LogP contribution in [0.2, 0.25) is 0 Å². The first-order chi connectivity index (χ1) is 14.6. The number of carboxylic acids is 1. The summed E-state index contributed by atoms with van der Waals surface area (Å²) in [6, 6.07) is 0. The van der Waals surface area contributed by atoms with Crippen molar-refractivity contribution < 1.29 is 84.5 Å². The Balaban J connectivity index is 6.98. The van der Waals surface area contributed by atoms with Crippen LogP contribution in [0.15, 0.2) is 12.2 Å². The van der Waals surface area contributed by atoms with Gasteiger partial charge in [0.15, 0.2) is 0 Å². The first-order valence-electron chi connectivity index (χ1n) is 8.19. The van der Waals surface area contributed by atoms with Gasteiger partial charge in [0.2, 0.25) is 0 Å². The summed E-state index contributed by atoms with van der Waals surface area (Å²) in [7, 11) is 0. The van der Waals surface area contributed by atoms with Gasteiger partial charge < -0.3 is 5.11 Å². The van der Waals surface area contributed by atoms with Crippen molar-refractivity contribution in [2.24, 2.45) is 5.92 Å². The van der Waals surface area contributed by atoms with E-state index in [4.69, 9.17) is 5.11 Å². The Morgan fingerprint density at radius 2 is 0.941 bits per heavy atom. The number of alkyl halides is 17. The van der Waals surface area contributed by atoms with Crippen molar-refractivity contribution in [3.63, 3.8) is 0 Å². The maximum Gasteiger partial charge on any atom is 0.460 e. The maximum absolute atomic E-state index is 14.1. The third kappa shape index (κ3) is 4.15. The summed E-state index contributed by atoms with van der Waals surface area (Å²) in [6.07, 6.45) is -10.2. The fourth-order valence-electron chi connectivity index (χ4n) is 2.41. The Morgan fingerprint density at radius 3 is 1.21 bits per heavy atom. The number of hydrogen-bond acceptors (Lipinski definition) is 1. The topological polar surface area (TPSA) is 37.3 Å². The number of rotatable bonds is 11. The fourth-order valence-corrected chi connectivity index (χ4v) is 2.41. The monoisotopic (exact) mass is 546 g/mol. The molecular weight excluding hydrogens is 535 g/mol. The van der Waals surface area contributed by atoms with Crippen molar-refractivity contribution in [3.05, 3.63) is 12.2 Å². The van der Waals surface area contributed by atoms with E-state index in [1.165, 1.54) is 0 Å². The summed E-state index contributed by atoms with van der Waals surface area (Å²) in [4.78, 5) is 10.7. The lowest BCUT2D eigenvalue weighted by molar-refractivity contribution is -0.463. The predicted molar refractivity (Wildman–Crippen MR) is 75.9 cm³/mol. The Hall–Kier alpha value is -1.98. The summed E-state index contributed by atoms with van der Waals surface area (Å²) in [6.45, 7) is 3.12. The molecule has 0 heterocycles. The molecule has 0 fully saturated rings. The first kappa shape index (κ1) is 32.0. The van der Waals surface area contributed by atoms with Crippen LogP contribution in [0, 0.1) is 5.92 Å². The van der Waals surface area contributed by atoms with Crippen molar-refractivity contribution >= 4 is 5.97 Å². The molecule has 1 N–H and O–H groups in total. The number of carboxylic acid groups (broad SMARTS) is 1. The highest BCUT2D eigenvalue weighted by atomic mass is 19.4. The van der Waals surface area contributed by atoms with Gasteiger partial charge >= 0.3 is 53.6 Å². The molecule has 1 atom stereocenters. The minimum atomic E-state index is -8.73. The van der Waals surface area contributed by atoms with Crippen LogP contribution in [0.1, 0.15) is 19.8 Å². The average Bonchev–Trinajstić information content (AvgIpc) is 2.63. The molecule has 0 bridgehead atoms. The lowest BCUT2D eigenvalue weighted by Gasteiger charge is -2.44. The van der Waals surface area contributed by atoms with Gasteiger partial charge in [0.25, 0.3) is 0 Å². The van der Waals surface area contributed by atoms with Crippen LogP contribution < -0.4 is 0 Å². The molecule has 1 unspecified atom stereocenters. The number of halogens is 17. The smallest absolute Gasteiger partial charge is 0.460 e. The molecule has 0 saturated heterocycles. The van der Waals surface area contributed by atoms with Crippen molar-refractivity contribution in [1.29, 1.82) is 0 Å². The zero-order valence-corrected chi connectivity index (χ0v) is 16.0. The van der Waals surface area contributed by atoms with E-state index >= 15 is 0 Å². The maximum atomic E-state index is 14.1. The highest BCUT2D eigenvalue weighted by Gasteiger charge is 2.95. The van der Waals surface area contributed by atoms with Crippen LogP contribution in [-0.4, -0.2) is 58.7 Å². The van der Waals surface area contributed by atoms with Crippen LogP contribution in [0.3, 0.4) is 0 Å². The third-order valence-electron chi connectivity index (χ3n) is 4.46. The summed E-state index contributed by atoms with van der Waals surface area (Å²) in [5.74, 6) is -63.8. The van der Waals surface area contributed by atoms with Crippen molar-refractivity contribution in [2.45, 2.75) is 67.4 Å².